The van der Waals surface area contributed by atoms with Crippen LogP contribution in [-0.2, 0) is 17.8 Å². The molecule has 26 heavy (non-hydrogen) atoms. The highest BCUT2D eigenvalue weighted by molar-refractivity contribution is 5.83. The van der Waals surface area contributed by atoms with Crippen LogP contribution in [0.4, 0.5) is 8.78 Å². The number of Topliss-reactive ketones (excluding diaryl/α,β-unsaturated/α-hetero) is 1. The number of fused-ring (bicyclic) bond motifs is 2. The number of hydrogen-bond donors (Lipinski definition) is 0. The molecule has 2 bridgehead atoms. The maximum Gasteiger partial charge on any atom is 0.162 e. The summed E-state index contributed by atoms with van der Waals surface area (Å²) < 4.78 is 27.2. The van der Waals surface area contributed by atoms with Gasteiger partial charge in [-0.15, -0.1) is 0 Å². The fourth-order valence-corrected chi connectivity index (χ4v) is 4.61. The number of nitrogens with zero attached hydrogens (tertiary/aromatic N) is 1. The lowest BCUT2D eigenvalue weighted by Gasteiger charge is -2.38. The quantitative estimate of drug-likeness (QED) is 0.786. The van der Waals surface area contributed by atoms with Crippen molar-refractivity contribution in [3.63, 3.8) is 0 Å². The van der Waals surface area contributed by atoms with Crippen LogP contribution in [0.2, 0.25) is 0 Å². The molecule has 0 spiro atoms. The van der Waals surface area contributed by atoms with Gasteiger partial charge in [0.15, 0.2) is 11.6 Å². The summed E-state index contributed by atoms with van der Waals surface area (Å²) in [5.74, 6) is -1.76. The van der Waals surface area contributed by atoms with Crippen molar-refractivity contribution in [2.75, 3.05) is 0 Å². The number of carbonyl (C=O) groups is 1. The summed E-state index contributed by atoms with van der Waals surface area (Å²) in [7, 11) is 0. The summed E-state index contributed by atoms with van der Waals surface area (Å²) in [6.07, 6.45) is 3.90. The van der Waals surface area contributed by atoms with Gasteiger partial charge in [-0.3, -0.25) is 9.69 Å². The van der Waals surface area contributed by atoms with E-state index in [1.165, 1.54) is 17.7 Å². The Balaban J connectivity index is 1.42. The molecule has 2 saturated heterocycles. The highest BCUT2D eigenvalue weighted by Crippen LogP contribution is 2.40. The van der Waals surface area contributed by atoms with E-state index in [1.807, 2.05) is 6.07 Å². The van der Waals surface area contributed by atoms with Gasteiger partial charge in [0.25, 0.3) is 0 Å². The van der Waals surface area contributed by atoms with E-state index in [0.29, 0.717) is 12.1 Å². The van der Waals surface area contributed by atoms with E-state index < -0.39 is 11.6 Å². The molecule has 0 N–H and O–H groups in total. The Labute approximate surface area is 152 Å². The number of benzene rings is 2. The third-order valence-corrected chi connectivity index (χ3v) is 5.94. The summed E-state index contributed by atoms with van der Waals surface area (Å²) >= 11 is 0. The SMILES string of the molecule is O=C(Cc1cccc(F)c1F)C1CC2CCC(C1)N2Cc1ccccc1. The van der Waals surface area contributed by atoms with Gasteiger partial charge >= 0.3 is 0 Å². The van der Waals surface area contributed by atoms with Crippen LogP contribution >= 0.6 is 0 Å². The lowest BCUT2D eigenvalue weighted by Crippen LogP contribution is -2.44. The molecular formula is C22H23F2NO. The zero-order valence-corrected chi connectivity index (χ0v) is 14.7. The first-order valence-corrected chi connectivity index (χ1v) is 9.37. The summed E-state index contributed by atoms with van der Waals surface area (Å²) in [5.41, 5.74) is 1.48. The maximum absolute atomic E-state index is 13.9. The molecule has 0 aliphatic carbocycles. The van der Waals surface area contributed by atoms with Crippen molar-refractivity contribution in [1.29, 1.82) is 0 Å². The van der Waals surface area contributed by atoms with E-state index in [4.69, 9.17) is 0 Å². The van der Waals surface area contributed by atoms with Gasteiger partial charge in [-0.25, -0.2) is 8.78 Å². The topological polar surface area (TPSA) is 20.3 Å². The molecule has 2 nitrogen and oxygen atoms in total. The Hall–Kier alpha value is -2.07. The molecule has 2 atom stereocenters. The van der Waals surface area contributed by atoms with E-state index >= 15 is 0 Å². The maximum atomic E-state index is 13.9. The molecular weight excluding hydrogens is 332 g/mol. The van der Waals surface area contributed by atoms with E-state index in [2.05, 4.69) is 29.2 Å². The molecule has 2 unspecified atom stereocenters. The van der Waals surface area contributed by atoms with Crippen molar-refractivity contribution >= 4 is 5.78 Å². The van der Waals surface area contributed by atoms with Crippen LogP contribution < -0.4 is 0 Å². The number of ketones is 1. The zero-order chi connectivity index (χ0) is 18.1. The van der Waals surface area contributed by atoms with Gasteiger partial charge in [0.2, 0.25) is 0 Å². The predicted molar refractivity (Wildman–Crippen MR) is 96.6 cm³/mol. The van der Waals surface area contributed by atoms with Crippen LogP contribution in [0.25, 0.3) is 0 Å². The number of piperidine rings is 1. The lowest BCUT2D eigenvalue weighted by molar-refractivity contribution is -0.124. The standard InChI is InChI=1S/C22H23F2NO/c23-20-8-4-7-16(22(20)24)13-21(26)17-11-18-9-10-19(12-17)25(18)14-15-5-2-1-3-6-15/h1-8,17-19H,9-14H2. The van der Waals surface area contributed by atoms with Gasteiger partial charge in [-0.05, 0) is 42.9 Å². The summed E-state index contributed by atoms with van der Waals surface area (Å²) in [6, 6.07) is 15.3. The first-order valence-electron chi connectivity index (χ1n) is 9.37. The largest absolute Gasteiger partial charge is 0.299 e. The van der Waals surface area contributed by atoms with Crippen molar-refractivity contribution in [3.05, 3.63) is 71.3 Å². The van der Waals surface area contributed by atoms with Gasteiger partial charge in [-0.2, -0.15) is 0 Å². The average Bonchev–Trinajstić information content (AvgIpc) is 2.88. The summed E-state index contributed by atoms with van der Waals surface area (Å²) in [4.78, 5) is 15.2. The number of carbonyl (C=O) groups excluding carboxylic acids is 1. The van der Waals surface area contributed by atoms with Gasteiger partial charge in [0.05, 0.1) is 0 Å². The predicted octanol–water partition coefficient (Wildman–Crippen LogP) is 4.52. The van der Waals surface area contributed by atoms with Gasteiger partial charge in [0.1, 0.15) is 5.78 Å². The summed E-state index contributed by atoms with van der Waals surface area (Å²) in [5, 5.41) is 0. The molecule has 0 saturated carbocycles. The fourth-order valence-electron chi connectivity index (χ4n) is 4.61. The van der Waals surface area contributed by atoms with Crippen molar-refractivity contribution < 1.29 is 13.6 Å². The van der Waals surface area contributed by atoms with Crippen LogP contribution in [0.5, 0.6) is 0 Å². The van der Waals surface area contributed by atoms with Crippen molar-refractivity contribution in [2.45, 2.75) is 50.7 Å². The molecule has 0 amide bonds. The zero-order valence-electron chi connectivity index (χ0n) is 14.7. The normalized spacial score (nSPS) is 25.4. The van der Waals surface area contributed by atoms with Crippen molar-refractivity contribution in [1.82, 2.24) is 4.90 Å². The number of hydrogen-bond acceptors (Lipinski definition) is 2. The molecule has 4 heteroatoms. The first kappa shape index (κ1) is 17.3. The van der Waals surface area contributed by atoms with E-state index in [9.17, 15) is 13.6 Å². The monoisotopic (exact) mass is 355 g/mol. The molecule has 2 heterocycles. The minimum atomic E-state index is -0.884. The van der Waals surface area contributed by atoms with Gasteiger partial charge in [0, 0.05) is 31.0 Å². The molecule has 0 aromatic heterocycles. The van der Waals surface area contributed by atoms with Gasteiger partial charge < -0.3 is 0 Å². The summed E-state index contributed by atoms with van der Waals surface area (Å²) in [6.45, 7) is 0.926. The number of halogens is 2. The second kappa shape index (κ2) is 7.28. The average molecular weight is 355 g/mol. The van der Waals surface area contributed by atoms with Crippen LogP contribution in [-0.4, -0.2) is 22.8 Å². The Morgan fingerprint density at radius 2 is 1.65 bits per heavy atom. The highest BCUT2D eigenvalue weighted by atomic mass is 19.2. The van der Waals surface area contributed by atoms with Crippen LogP contribution in [0.15, 0.2) is 48.5 Å². The molecule has 136 valence electrons. The Bertz CT molecular complexity index is 778. The fraction of sp³-hybridized carbons (Fsp3) is 0.409. The Morgan fingerprint density at radius 3 is 2.35 bits per heavy atom. The van der Waals surface area contributed by atoms with Crippen LogP contribution in [0.3, 0.4) is 0 Å². The minimum absolute atomic E-state index is 0.00755. The lowest BCUT2D eigenvalue weighted by atomic mass is 9.85. The third kappa shape index (κ3) is 3.43. The molecule has 2 aromatic carbocycles. The Kier molecular flexibility index (Phi) is 4.86. The van der Waals surface area contributed by atoms with E-state index in [0.717, 1.165) is 38.3 Å². The first-order chi connectivity index (χ1) is 12.6. The van der Waals surface area contributed by atoms with E-state index in [1.54, 1.807) is 0 Å². The van der Waals surface area contributed by atoms with Crippen LogP contribution in [0, 0.1) is 17.6 Å². The second-order valence-corrected chi connectivity index (χ2v) is 7.57. The van der Waals surface area contributed by atoms with E-state index in [-0.39, 0.29) is 23.7 Å². The van der Waals surface area contributed by atoms with Crippen LogP contribution in [0.1, 0.15) is 36.8 Å². The molecule has 0 radical (unpaired) electrons. The highest BCUT2D eigenvalue weighted by Gasteiger charge is 2.42. The smallest absolute Gasteiger partial charge is 0.162 e. The molecule has 4 rings (SSSR count). The molecule has 2 aromatic rings. The minimum Gasteiger partial charge on any atom is -0.299 e. The second-order valence-electron chi connectivity index (χ2n) is 7.57. The third-order valence-electron chi connectivity index (χ3n) is 5.94. The molecule has 2 aliphatic heterocycles. The number of rotatable bonds is 5. The molecule has 2 aliphatic rings. The Morgan fingerprint density at radius 1 is 0.962 bits per heavy atom. The van der Waals surface area contributed by atoms with Crippen molar-refractivity contribution in [3.8, 4) is 0 Å². The van der Waals surface area contributed by atoms with Gasteiger partial charge in [-0.1, -0.05) is 42.5 Å². The molecule has 2 fully saturated rings. The van der Waals surface area contributed by atoms with Crippen molar-refractivity contribution in [2.24, 2.45) is 5.92 Å².